The van der Waals surface area contributed by atoms with Gasteiger partial charge in [0.25, 0.3) is 0 Å². The van der Waals surface area contributed by atoms with Gasteiger partial charge in [0.05, 0.1) is 12.6 Å². The molecule has 0 aliphatic carbocycles. The minimum Gasteiger partial charge on any atom is -0.392 e. The van der Waals surface area contributed by atoms with Crippen LogP contribution < -0.4 is 5.32 Å². The molecule has 1 aliphatic heterocycles. The number of nitrogens with zero attached hydrogens (tertiary/aromatic N) is 3. The minimum atomic E-state index is -0.305. The first kappa shape index (κ1) is 11.0. The van der Waals surface area contributed by atoms with Gasteiger partial charge in [0, 0.05) is 25.5 Å². The lowest BCUT2D eigenvalue weighted by Gasteiger charge is -2.13. The fourth-order valence-corrected chi connectivity index (χ4v) is 1.69. The van der Waals surface area contributed by atoms with E-state index in [0.717, 1.165) is 13.0 Å². The lowest BCUT2D eigenvalue weighted by Crippen LogP contribution is -2.32. The van der Waals surface area contributed by atoms with Crippen LogP contribution in [-0.2, 0) is 4.79 Å². The van der Waals surface area contributed by atoms with Crippen molar-refractivity contribution in [3.8, 4) is 0 Å². The van der Waals surface area contributed by atoms with Crippen LogP contribution in [0.25, 0.3) is 0 Å². The summed E-state index contributed by atoms with van der Waals surface area (Å²) in [6.07, 6.45) is 3.57. The highest BCUT2D eigenvalue weighted by molar-refractivity contribution is 5.90. The van der Waals surface area contributed by atoms with Crippen molar-refractivity contribution in [3.05, 3.63) is 18.5 Å². The summed E-state index contributed by atoms with van der Waals surface area (Å²) in [6.45, 7) is 1.59. The maximum atomic E-state index is 11.6. The summed E-state index contributed by atoms with van der Waals surface area (Å²) in [5.74, 6) is 0.160. The summed E-state index contributed by atoms with van der Waals surface area (Å²) in [5.41, 5.74) is 0. The van der Waals surface area contributed by atoms with E-state index in [-0.39, 0.29) is 18.6 Å². The minimum absolute atomic E-state index is 0.152. The van der Waals surface area contributed by atoms with Gasteiger partial charge in [0.15, 0.2) is 0 Å². The van der Waals surface area contributed by atoms with Crippen LogP contribution in [-0.4, -0.2) is 51.6 Å². The standard InChI is InChI=1S/C10H14N4O2/c15-8-2-5-14(6-8)7-9(16)13-10-11-3-1-4-12-10/h1,3-4,8,15H,2,5-7H2,(H,11,12,13,16)/t8-/m1/s1. The average Bonchev–Trinajstić information content (AvgIpc) is 2.65. The lowest BCUT2D eigenvalue weighted by atomic mass is 10.3. The van der Waals surface area contributed by atoms with Crippen LogP contribution >= 0.6 is 0 Å². The molecule has 2 N–H and O–H groups in total. The van der Waals surface area contributed by atoms with Gasteiger partial charge in [-0.15, -0.1) is 0 Å². The quantitative estimate of drug-likeness (QED) is 0.719. The zero-order valence-corrected chi connectivity index (χ0v) is 8.83. The molecule has 0 aromatic carbocycles. The second-order valence-electron chi connectivity index (χ2n) is 3.80. The van der Waals surface area contributed by atoms with E-state index in [2.05, 4.69) is 15.3 Å². The Morgan fingerprint density at radius 1 is 1.56 bits per heavy atom. The molecular weight excluding hydrogens is 208 g/mol. The van der Waals surface area contributed by atoms with Gasteiger partial charge >= 0.3 is 0 Å². The van der Waals surface area contributed by atoms with E-state index in [1.54, 1.807) is 18.5 Å². The van der Waals surface area contributed by atoms with E-state index in [4.69, 9.17) is 0 Å². The number of carbonyl (C=O) groups is 1. The highest BCUT2D eigenvalue weighted by Gasteiger charge is 2.22. The topological polar surface area (TPSA) is 78.4 Å². The Kier molecular flexibility index (Phi) is 3.43. The van der Waals surface area contributed by atoms with Gasteiger partial charge in [-0.05, 0) is 12.5 Å². The molecule has 2 rings (SSSR count). The summed E-state index contributed by atoms with van der Waals surface area (Å²) >= 11 is 0. The fraction of sp³-hybridized carbons (Fsp3) is 0.500. The number of amides is 1. The summed E-state index contributed by atoms with van der Waals surface area (Å²) < 4.78 is 0. The van der Waals surface area contributed by atoms with Crippen LogP contribution in [0.1, 0.15) is 6.42 Å². The highest BCUT2D eigenvalue weighted by Crippen LogP contribution is 2.08. The van der Waals surface area contributed by atoms with Crippen molar-refractivity contribution in [2.75, 3.05) is 25.0 Å². The van der Waals surface area contributed by atoms with Gasteiger partial charge in [-0.2, -0.15) is 0 Å². The summed E-state index contributed by atoms with van der Waals surface area (Å²) in [5, 5.41) is 11.9. The van der Waals surface area contributed by atoms with Crippen LogP contribution in [0, 0.1) is 0 Å². The Morgan fingerprint density at radius 3 is 2.94 bits per heavy atom. The number of aliphatic hydroxyl groups is 1. The number of hydrogen-bond acceptors (Lipinski definition) is 5. The number of carbonyl (C=O) groups excluding carboxylic acids is 1. The van der Waals surface area contributed by atoms with Gasteiger partial charge < -0.3 is 5.11 Å². The van der Waals surface area contributed by atoms with E-state index in [1.165, 1.54) is 0 Å². The van der Waals surface area contributed by atoms with Crippen LogP contribution in [0.5, 0.6) is 0 Å². The average molecular weight is 222 g/mol. The Labute approximate surface area is 93.3 Å². The van der Waals surface area contributed by atoms with Crippen molar-refractivity contribution in [2.45, 2.75) is 12.5 Å². The zero-order valence-electron chi connectivity index (χ0n) is 8.83. The Hall–Kier alpha value is -1.53. The number of hydrogen-bond donors (Lipinski definition) is 2. The van der Waals surface area contributed by atoms with Gasteiger partial charge in [-0.25, -0.2) is 9.97 Å². The number of rotatable bonds is 3. The maximum absolute atomic E-state index is 11.6. The van der Waals surface area contributed by atoms with Gasteiger partial charge in [0.2, 0.25) is 11.9 Å². The predicted octanol–water partition coefficient (Wildman–Crippen LogP) is -0.518. The normalized spacial score (nSPS) is 20.9. The van der Waals surface area contributed by atoms with E-state index < -0.39 is 0 Å². The number of anilines is 1. The molecular formula is C10H14N4O2. The Balaban J connectivity index is 1.81. The molecule has 86 valence electrons. The SMILES string of the molecule is O=C(CN1CC[C@@H](O)C1)Nc1ncccn1. The van der Waals surface area contributed by atoms with Gasteiger partial charge in [-0.3, -0.25) is 15.0 Å². The molecule has 0 unspecified atom stereocenters. The van der Waals surface area contributed by atoms with E-state index in [9.17, 15) is 9.90 Å². The molecule has 1 saturated heterocycles. The monoisotopic (exact) mass is 222 g/mol. The number of nitrogens with one attached hydrogen (secondary N) is 1. The first-order chi connectivity index (χ1) is 7.74. The third-order valence-corrected chi connectivity index (χ3v) is 2.43. The van der Waals surface area contributed by atoms with Crippen molar-refractivity contribution in [2.24, 2.45) is 0 Å². The number of aliphatic hydroxyl groups excluding tert-OH is 1. The molecule has 1 aromatic rings. The molecule has 1 amide bonds. The molecule has 0 spiro atoms. The van der Waals surface area contributed by atoms with Crippen molar-refractivity contribution in [3.63, 3.8) is 0 Å². The van der Waals surface area contributed by atoms with Crippen molar-refractivity contribution in [1.29, 1.82) is 0 Å². The van der Waals surface area contributed by atoms with Gasteiger partial charge in [-0.1, -0.05) is 0 Å². The third kappa shape index (κ3) is 2.98. The third-order valence-electron chi connectivity index (χ3n) is 2.43. The summed E-state index contributed by atoms with van der Waals surface area (Å²) in [4.78, 5) is 21.3. The molecule has 1 atom stereocenters. The van der Waals surface area contributed by atoms with Crippen LogP contribution in [0.3, 0.4) is 0 Å². The smallest absolute Gasteiger partial charge is 0.240 e. The molecule has 16 heavy (non-hydrogen) atoms. The maximum Gasteiger partial charge on any atom is 0.240 e. The highest BCUT2D eigenvalue weighted by atomic mass is 16.3. The molecule has 0 saturated carbocycles. The van der Waals surface area contributed by atoms with Gasteiger partial charge in [0.1, 0.15) is 0 Å². The fourth-order valence-electron chi connectivity index (χ4n) is 1.69. The van der Waals surface area contributed by atoms with Crippen LogP contribution in [0.15, 0.2) is 18.5 Å². The first-order valence-electron chi connectivity index (χ1n) is 5.21. The van der Waals surface area contributed by atoms with Crippen molar-refractivity contribution >= 4 is 11.9 Å². The number of β-amino-alcohol motifs (C(OH)–C–C–N with tert-alkyl or cyclic N) is 1. The molecule has 1 aliphatic rings. The lowest BCUT2D eigenvalue weighted by molar-refractivity contribution is -0.117. The Morgan fingerprint density at radius 2 is 2.31 bits per heavy atom. The second-order valence-corrected chi connectivity index (χ2v) is 3.80. The van der Waals surface area contributed by atoms with Crippen molar-refractivity contribution in [1.82, 2.24) is 14.9 Å². The molecule has 1 fully saturated rings. The van der Waals surface area contributed by atoms with Crippen LogP contribution in [0.2, 0.25) is 0 Å². The largest absolute Gasteiger partial charge is 0.392 e. The number of likely N-dealkylation sites (tertiary alicyclic amines) is 1. The number of aromatic nitrogens is 2. The predicted molar refractivity (Wildman–Crippen MR) is 57.7 cm³/mol. The molecule has 6 heteroatoms. The van der Waals surface area contributed by atoms with Crippen LogP contribution in [0.4, 0.5) is 5.95 Å². The first-order valence-corrected chi connectivity index (χ1v) is 5.21. The molecule has 6 nitrogen and oxygen atoms in total. The zero-order chi connectivity index (χ0) is 11.4. The van der Waals surface area contributed by atoms with Crippen molar-refractivity contribution < 1.29 is 9.90 Å². The van der Waals surface area contributed by atoms with E-state index in [0.29, 0.717) is 12.5 Å². The molecule has 1 aromatic heterocycles. The van der Waals surface area contributed by atoms with E-state index >= 15 is 0 Å². The second kappa shape index (κ2) is 5.00. The molecule has 2 heterocycles. The summed E-state index contributed by atoms with van der Waals surface area (Å²) in [6, 6.07) is 1.69. The molecule has 0 bridgehead atoms. The Bertz CT molecular complexity index is 357. The summed E-state index contributed by atoms with van der Waals surface area (Å²) in [7, 11) is 0. The van der Waals surface area contributed by atoms with E-state index in [1.807, 2.05) is 4.90 Å². The molecule has 0 radical (unpaired) electrons.